The van der Waals surface area contributed by atoms with Crippen molar-refractivity contribution in [2.24, 2.45) is 17.6 Å². The van der Waals surface area contributed by atoms with E-state index in [1.54, 1.807) is 0 Å². The van der Waals surface area contributed by atoms with Crippen molar-refractivity contribution >= 4 is 0 Å². The maximum absolute atomic E-state index is 6.14. The lowest BCUT2D eigenvalue weighted by Gasteiger charge is -2.23. The van der Waals surface area contributed by atoms with E-state index >= 15 is 0 Å². The minimum Gasteiger partial charge on any atom is -0.328 e. The molecule has 1 atom stereocenters. The molecule has 15 heavy (non-hydrogen) atoms. The molecule has 2 N–H and O–H groups in total. The van der Waals surface area contributed by atoms with Crippen LogP contribution in [0.25, 0.3) is 0 Å². The highest BCUT2D eigenvalue weighted by Gasteiger charge is 2.14. The van der Waals surface area contributed by atoms with Crippen LogP contribution in [0.5, 0.6) is 0 Å². The van der Waals surface area contributed by atoms with Crippen LogP contribution in [0.2, 0.25) is 0 Å². The van der Waals surface area contributed by atoms with Gasteiger partial charge in [0, 0.05) is 6.04 Å². The minimum absolute atomic E-state index is 0.467. The van der Waals surface area contributed by atoms with Crippen molar-refractivity contribution in [3.8, 4) is 0 Å². The number of hydrogen-bond donors (Lipinski definition) is 1. The Kier molecular flexibility index (Phi) is 6.31. The van der Waals surface area contributed by atoms with Crippen molar-refractivity contribution in [2.75, 3.05) is 0 Å². The minimum atomic E-state index is 0.467. The fraction of sp³-hybridized carbons (Fsp3) is 1.00. The van der Waals surface area contributed by atoms with Gasteiger partial charge in [0.15, 0.2) is 0 Å². The van der Waals surface area contributed by atoms with Crippen LogP contribution in [-0.2, 0) is 0 Å². The SMILES string of the molecule is CC(C)CCC(N)CCC1CCCCC1. The summed E-state index contributed by atoms with van der Waals surface area (Å²) in [5.41, 5.74) is 6.14. The molecule has 1 unspecified atom stereocenters. The Balaban J connectivity index is 2.02. The summed E-state index contributed by atoms with van der Waals surface area (Å²) in [6, 6.07) is 0.467. The van der Waals surface area contributed by atoms with Crippen LogP contribution >= 0.6 is 0 Å². The lowest BCUT2D eigenvalue weighted by Crippen LogP contribution is -2.22. The van der Waals surface area contributed by atoms with Crippen LogP contribution in [0.4, 0.5) is 0 Å². The topological polar surface area (TPSA) is 26.0 Å². The van der Waals surface area contributed by atoms with Crippen molar-refractivity contribution in [3.05, 3.63) is 0 Å². The third kappa shape index (κ3) is 6.19. The van der Waals surface area contributed by atoms with Gasteiger partial charge in [-0.25, -0.2) is 0 Å². The highest BCUT2D eigenvalue weighted by atomic mass is 14.6. The van der Waals surface area contributed by atoms with Crippen molar-refractivity contribution in [1.29, 1.82) is 0 Å². The van der Waals surface area contributed by atoms with Gasteiger partial charge in [-0.3, -0.25) is 0 Å². The predicted octanol–water partition coefficient (Wildman–Crippen LogP) is 4.11. The molecule has 0 aromatic heterocycles. The molecule has 1 fully saturated rings. The molecule has 1 aliphatic carbocycles. The first kappa shape index (κ1) is 13.0. The molecule has 0 aromatic rings. The van der Waals surface area contributed by atoms with Gasteiger partial charge in [-0.05, 0) is 37.5 Å². The summed E-state index contributed by atoms with van der Waals surface area (Å²) < 4.78 is 0. The molecule has 1 heteroatoms. The van der Waals surface area contributed by atoms with Crippen LogP contribution in [0, 0.1) is 11.8 Å². The van der Waals surface area contributed by atoms with Crippen LogP contribution < -0.4 is 5.73 Å². The second-order valence-corrected chi connectivity index (χ2v) is 5.81. The van der Waals surface area contributed by atoms with Gasteiger partial charge < -0.3 is 5.73 Å². The maximum atomic E-state index is 6.14. The van der Waals surface area contributed by atoms with E-state index < -0.39 is 0 Å². The molecule has 1 rings (SSSR count). The van der Waals surface area contributed by atoms with E-state index in [1.807, 2.05) is 0 Å². The van der Waals surface area contributed by atoms with E-state index in [9.17, 15) is 0 Å². The van der Waals surface area contributed by atoms with Crippen molar-refractivity contribution in [2.45, 2.75) is 77.7 Å². The summed E-state index contributed by atoms with van der Waals surface area (Å²) in [7, 11) is 0. The van der Waals surface area contributed by atoms with Crippen LogP contribution in [-0.4, -0.2) is 6.04 Å². The molecule has 0 amide bonds. The van der Waals surface area contributed by atoms with Gasteiger partial charge in [-0.2, -0.15) is 0 Å². The van der Waals surface area contributed by atoms with Gasteiger partial charge in [0.1, 0.15) is 0 Å². The van der Waals surface area contributed by atoms with Gasteiger partial charge in [-0.15, -0.1) is 0 Å². The van der Waals surface area contributed by atoms with E-state index in [0.717, 1.165) is 11.8 Å². The molecular weight excluding hydrogens is 182 g/mol. The molecule has 0 heterocycles. The second-order valence-electron chi connectivity index (χ2n) is 5.81. The molecule has 1 nitrogen and oxygen atoms in total. The highest BCUT2D eigenvalue weighted by molar-refractivity contribution is 4.70. The Hall–Kier alpha value is -0.0400. The summed E-state index contributed by atoms with van der Waals surface area (Å²) in [6.07, 6.45) is 12.5. The molecule has 0 spiro atoms. The normalized spacial score (nSPS) is 20.8. The molecule has 1 saturated carbocycles. The number of nitrogens with two attached hydrogens (primary N) is 1. The van der Waals surface area contributed by atoms with Gasteiger partial charge in [-0.1, -0.05) is 46.0 Å². The number of rotatable bonds is 6. The third-order valence-corrected chi connectivity index (χ3v) is 3.79. The Morgan fingerprint density at radius 3 is 2.27 bits per heavy atom. The Morgan fingerprint density at radius 1 is 1.00 bits per heavy atom. The monoisotopic (exact) mass is 211 g/mol. The quantitative estimate of drug-likeness (QED) is 0.703. The Morgan fingerprint density at radius 2 is 1.67 bits per heavy atom. The maximum Gasteiger partial charge on any atom is 0.00390 e. The molecule has 0 aromatic carbocycles. The Bertz CT molecular complexity index is 147. The van der Waals surface area contributed by atoms with Gasteiger partial charge >= 0.3 is 0 Å². The van der Waals surface area contributed by atoms with Gasteiger partial charge in [0.25, 0.3) is 0 Å². The zero-order valence-electron chi connectivity index (χ0n) is 10.7. The predicted molar refractivity (Wildman–Crippen MR) is 67.9 cm³/mol. The molecular formula is C14H29N. The van der Waals surface area contributed by atoms with Crippen molar-refractivity contribution in [1.82, 2.24) is 0 Å². The average molecular weight is 211 g/mol. The van der Waals surface area contributed by atoms with Crippen LogP contribution in [0.15, 0.2) is 0 Å². The average Bonchev–Trinajstić information content (AvgIpc) is 2.25. The van der Waals surface area contributed by atoms with E-state index in [4.69, 9.17) is 5.73 Å². The second kappa shape index (κ2) is 7.27. The highest BCUT2D eigenvalue weighted by Crippen LogP contribution is 2.27. The fourth-order valence-corrected chi connectivity index (χ4v) is 2.62. The standard InChI is InChI=1S/C14H29N/c1-12(2)8-10-14(15)11-9-13-6-4-3-5-7-13/h12-14H,3-11,15H2,1-2H3. The smallest absolute Gasteiger partial charge is 0.00390 e. The molecule has 0 saturated heterocycles. The molecule has 0 bridgehead atoms. The van der Waals surface area contributed by atoms with Gasteiger partial charge in [0.05, 0.1) is 0 Å². The summed E-state index contributed by atoms with van der Waals surface area (Å²) in [5, 5.41) is 0. The molecule has 0 radical (unpaired) electrons. The van der Waals surface area contributed by atoms with E-state index in [-0.39, 0.29) is 0 Å². The molecule has 1 aliphatic rings. The first-order valence-corrected chi connectivity index (χ1v) is 6.94. The Labute approximate surface area is 95.8 Å². The summed E-state index contributed by atoms with van der Waals surface area (Å²) in [4.78, 5) is 0. The lowest BCUT2D eigenvalue weighted by molar-refractivity contribution is 0.317. The molecule has 0 aliphatic heterocycles. The first-order chi connectivity index (χ1) is 7.18. The summed E-state index contributed by atoms with van der Waals surface area (Å²) in [6.45, 7) is 4.57. The third-order valence-electron chi connectivity index (χ3n) is 3.79. The largest absolute Gasteiger partial charge is 0.328 e. The zero-order valence-corrected chi connectivity index (χ0v) is 10.7. The molecule has 90 valence electrons. The van der Waals surface area contributed by atoms with Crippen molar-refractivity contribution in [3.63, 3.8) is 0 Å². The van der Waals surface area contributed by atoms with Crippen LogP contribution in [0.1, 0.15) is 71.6 Å². The summed E-state index contributed by atoms with van der Waals surface area (Å²) >= 11 is 0. The lowest BCUT2D eigenvalue weighted by atomic mass is 9.85. The first-order valence-electron chi connectivity index (χ1n) is 6.94. The van der Waals surface area contributed by atoms with E-state index in [1.165, 1.54) is 57.8 Å². The fourth-order valence-electron chi connectivity index (χ4n) is 2.62. The van der Waals surface area contributed by atoms with E-state index in [2.05, 4.69) is 13.8 Å². The van der Waals surface area contributed by atoms with Gasteiger partial charge in [0.2, 0.25) is 0 Å². The number of hydrogen-bond acceptors (Lipinski definition) is 1. The zero-order chi connectivity index (χ0) is 11.1. The van der Waals surface area contributed by atoms with Crippen molar-refractivity contribution < 1.29 is 0 Å². The van der Waals surface area contributed by atoms with Crippen LogP contribution in [0.3, 0.4) is 0 Å². The van der Waals surface area contributed by atoms with E-state index in [0.29, 0.717) is 6.04 Å². The summed E-state index contributed by atoms with van der Waals surface area (Å²) in [5.74, 6) is 1.81.